The Balaban J connectivity index is 2.23. The molecule has 0 amide bonds. The van der Waals surface area contributed by atoms with Crippen LogP contribution in [0.3, 0.4) is 0 Å². The third kappa shape index (κ3) is 3.37. The Kier molecular flexibility index (Phi) is 4.15. The molecule has 1 heterocycles. The molecule has 1 N–H and O–H groups in total. The predicted molar refractivity (Wildman–Crippen MR) is 80.6 cm³/mol. The number of nitrogens with one attached hydrogen (secondary N) is 1. The molecule has 1 aromatic heterocycles. The van der Waals surface area contributed by atoms with Gasteiger partial charge in [0.25, 0.3) is 0 Å². The lowest BCUT2D eigenvalue weighted by atomic mass is 10.2. The van der Waals surface area contributed by atoms with Crippen LogP contribution in [0.5, 0.6) is 0 Å². The molecular weight excluding hydrogens is 297 g/mol. The van der Waals surface area contributed by atoms with Crippen LogP contribution in [0.4, 0.5) is 10.1 Å². The molecule has 0 aliphatic rings. The molecule has 20 heavy (non-hydrogen) atoms. The number of thiophene rings is 1. The molecule has 6 heteroatoms. The Hall–Kier alpha value is -1.40. The van der Waals surface area contributed by atoms with E-state index in [0.29, 0.717) is 6.54 Å². The van der Waals surface area contributed by atoms with Crippen LogP contribution in [-0.4, -0.2) is 14.7 Å². The van der Waals surface area contributed by atoms with E-state index in [1.807, 2.05) is 19.9 Å². The highest BCUT2D eigenvalue weighted by atomic mass is 32.2. The van der Waals surface area contributed by atoms with Crippen LogP contribution in [-0.2, 0) is 16.4 Å². The minimum Gasteiger partial charge on any atom is -0.379 e. The smallest absolute Gasteiger partial charge is 0.175 e. The molecular formula is C14H16FNO2S2. The normalized spacial score (nSPS) is 11.6. The lowest BCUT2D eigenvalue weighted by Crippen LogP contribution is -2.04. The van der Waals surface area contributed by atoms with Gasteiger partial charge < -0.3 is 5.32 Å². The average Bonchev–Trinajstić information content (AvgIpc) is 2.65. The Morgan fingerprint density at radius 3 is 2.50 bits per heavy atom. The molecule has 0 aliphatic heterocycles. The van der Waals surface area contributed by atoms with Gasteiger partial charge in [0.1, 0.15) is 5.82 Å². The van der Waals surface area contributed by atoms with Crippen molar-refractivity contribution in [3.63, 3.8) is 0 Å². The average molecular weight is 313 g/mol. The van der Waals surface area contributed by atoms with Gasteiger partial charge in [-0.1, -0.05) is 0 Å². The summed E-state index contributed by atoms with van der Waals surface area (Å²) in [7, 11) is -3.33. The van der Waals surface area contributed by atoms with Crippen molar-refractivity contribution in [2.75, 3.05) is 11.6 Å². The largest absolute Gasteiger partial charge is 0.379 e. The Morgan fingerprint density at radius 2 is 1.95 bits per heavy atom. The van der Waals surface area contributed by atoms with Crippen molar-refractivity contribution in [3.05, 3.63) is 45.4 Å². The van der Waals surface area contributed by atoms with E-state index in [0.717, 1.165) is 11.8 Å². The zero-order chi connectivity index (χ0) is 14.9. The number of anilines is 1. The van der Waals surface area contributed by atoms with E-state index < -0.39 is 15.7 Å². The van der Waals surface area contributed by atoms with E-state index in [4.69, 9.17) is 0 Å². The van der Waals surface area contributed by atoms with Gasteiger partial charge in [0.2, 0.25) is 0 Å². The molecule has 1 aromatic carbocycles. The van der Waals surface area contributed by atoms with Gasteiger partial charge in [0.05, 0.1) is 10.6 Å². The molecule has 0 aliphatic carbocycles. The van der Waals surface area contributed by atoms with E-state index in [9.17, 15) is 12.8 Å². The Morgan fingerprint density at radius 1 is 1.25 bits per heavy atom. The summed E-state index contributed by atoms with van der Waals surface area (Å²) in [6.07, 6.45) is 1.11. The van der Waals surface area contributed by atoms with Crippen LogP contribution in [0.25, 0.3) is 0 Å². The maximum atomic E-state index is 13.7. The molecule has 0 saturated carbocycles. The third-order valence-corrected chi connectivity index (χ3v) is 5.10. The maximum absolute atomic E-state index is 13.7. The van der Waals surface area contributed by atoms with Gasteiger partial charge in [-0.2, -0.15) is 0 Å². The molecule has 3 nitrogen and oxygen atoms in total. The van der Waals surface area contributed by atoms with Gasteiger partial charge in [-0.05, 0) is 43.7 Å². The first-order valence-electron chi connectivity index (χ1n) is 6.07. The lowest BCUT2D eigenvalue weighted by Gasteiger charge is -2.09. The second kappa shape index (κ2) is 5.54. The molecule has 0 fully saturated rings. The Labute approximate surface area is 122 Å². The first-order chi connectivity index (χ1) is 9.27. The van der Waals surface area contributed by atoms with Crippen molar-refractivity contribution in [1.29, 1.82) is 0 Å². The first kappa shape index (κ1) is 15.0. The van der Waals surface area contributed by atoms with Gasteiger partial charge in [0, 0.05) is 22.6 Å². The van der Waals surface area contributed by atoms with Crippen molar-refractivity contribution in [3.8, 4) is 0 Å². The van der Waals surface area contributed by atoms with Gasteiger partial charge in [-0.3, -0.25) is 0 Å². The fraction of sp³-hybridized carbons (Fsp3) is 0.286. The SMILES string of the molecule is Cc1cc(CNc2cc(S(C)(=O)=O)ccc2F)c(C)s1. The molecule has 0 spiro atoms. The zero-order valence-corrected chi connectivity index (χ0v) is 13.2. The molecule has 0 atom stereocenters. The van der Waals surface area contributed by atoms with Crippen LogP contribution in [0.1, 0.15) is 15.3 Å². The summed E-state index contributed by atoms with van der Waals surface area (Å²) in [5.41, 5.74) is 1.30. The molecule has 2 rings (SSSR count). The van der Waals surface area contributed by atoms with Crippen molar-refractivity contribution in [2.24, 2.45) is 0 Å². The van der Waals surface area contributed by atoms with Crippen molar-refractivity contribution >= 4 is 26.9 Å². The summed E-state index contributed by atoms with van der Waals surface area (Å²) >= 11 is 1.69. The highest BCUT2D eigenvalue weighted by molar-refractivity contribution is 7.90. The van der Waals surface area contributed by atoms with E-state index in [1.165, 1.54) is 28.0 Å². The zero-order valence-electron chi connectivity index (χ0n) is 11.5. The van der Waals surface area contributed by atoms with E-state index in [-0.39, 0.29) is 10.6 Å². The van der Waals surface area contributed by atoms with Crippen molar-refractivity contribution < 1.29 is 12.8 Å². The highest BCUT2D eigenvalue weighted by Gasteiger charge is 2.11. The summed E-state index contributed by atoms with van der Waals surface area (Å²) in [6, 6.07) is 5.82. The number of benzene rings is 1. The highest BCUT2D eigenvalue weighted by Crippen LogP contribution is 2.24. The second-order valence-electron chi connectivity index (χ2n) is 4.71. The predicted octanol–water partition coefficient (Wildman–Crippen LogP) is 3.52. The second-order valence-corrected chi connectivity index (χ2v) is 8.18. The summed E-state index contributed by atoms with van der Waals surface area (Å²) in [5.74, 6) is -0.456. The number of aryl methyl sites for hydroxylation is 2. The quantitative estimate of drug-likeness (QED) is 0.879. The fourth-order valence-corrected chi connectivity index (χ4v) is 3.51. The van der Waals surface area contributed by atoms with E-state index in [2.05, 4.69) is 5.32 Å². The van der Waals surface area contributed by atoms with Gasteiger partial charge in [-0.15, -0.1) is 11.3 Å². The molecule has 2 aromatic rings. The number of halogens is 1. The molecule has 0 radical (unpaired) electrons. The van der Waals surface area contributed by atoms with E-state index in [1.54, 1.807) is 11.3 Å². The Bertz CT molecular complexity index is 736. The maximum Gasteiger partial charge on any atom is 0.175 e. The number of rotatable bonds is 4. The lowest BCUT2D eigenvalue weighted by molar-refractivity contribution is 0.600. The van der Waals surface area contributed by atoms with Gasteiger partial charge >= 0.3 is 0 Å². The molecule has 0 unspecified atom stereocenters. The number of sulfone groups is 1. The molecule has 0 saturated heterocycles. The summed E-state index contributed by atoms with van der Waals surface area (Å²) in [6.45, 7) is 4.50. The first-order valence-corrected chi connectivity index (χ1v) is 8.77. The standard InChI is InChI=1S/C14H16FNO2S2/c1-9-6-11(10(2)19-9)8-16-14-7-12(20(3,17)18)4-5-13(14)15/h4-7,16H,8H2,1-3H3. The van der Waals surface area contributed by atoms with Crippen LogP contribution >= 0.6 is 11.3 Å². The number of hydrogen-bond acceptors (Lipinski definition) is 4. The third-order valence-electron chi connectivity index (χ3n) is 2.98. The van der Waals surface area contributed by atoms with E-state index >= 15 is 0 Å². The number of hydrogen-bond donors (Lipinski definition) is 1. The topological polar surface area (TPSA) is 46.2 Å². The van der Waals surface area contributed by atoms with Crippen LogP contribution in [0.2, 0.25) is 0 Å². The molecule has 0 bridgehead atoms. The fourth-order valence-electron chi connectivity index (χ4n) is 1.92. The van der Waals surface area contributed by atoms with Crippen molar-refractivity contribution in [2.45, 2.75) is 25.3 Å². The van der Waals surface area contributed by atoms with Crippen LogP contribution in [0, 0.1) is 19.7 Å². The van der Waals surface area contributed by atoms with Gasteiger partial charge in [-0.25, -0.2) is 12.8 Å². The monoisotopic (exact) mass is 313 g/mol. The van der Waals surface area contributed by atoms with Crippen molar-refractivity contribution in [1.82, 2.24) is 0 Å². The minimum absolute atomic E-state index is 0.111. The van der Waals surface area contributed by atoms with Crippen LogP contribution < -0.4 is 5.32 Å². The van der Waals surface area contributed by atoms with Gasteiger partial charge in [0.15, 0.2) is 9.84 Å². The minimum atomic E-state index is -3.33. The summed E-state index contributed by atoms with van der Waals surface area (Å²) in [4.78, 5) is 2.49. The summed E-state index contributed by atoms with van der Waals surface area (Å²) < 4.78 is 36.7. The van der Waals surface area contributed by atoms with Crippen LogP contribution in [0.15, 0.2) is 29.2 Å². The summed E-state index contributed by atoms with van der Waals surface area (Å²) in [5, 5.41) is 2.96. The molecule has 108 valence electrons.